The lowest BCUT2D eigenvalue weighted by atomic mass is 10.00. The molecule has 0 saturated heterocycles. The lowest BCUT2D eigenvalue weighted by Crippen LogP contribution is -2.09. The molecule has 0 fully saturated rings. The van der Waals surface area contributed by atoms with Crippen LogP contribution in [0.25, 0.3) is 95.8 Å². The van der Waals surface area contributed by atoms with Crippen LogP contribution in [0.5, 0.6) is 0 Å². The van der Waals surface area contributed by atoms with E-state index in [1.54, 1.807) is 0 Å². The van der Waals surface area contributed by atoms with Crippen LogP contribution < -0.4 is 4.90 Å². The molecule has 12 rings (SSSR count). The summed E-state index contributed by atoms with van der Waals surface area (Å²) in [5, 5.41) is 7.39. The van der Waals surface area contributed by atoms with Gasteiger partial charge in [0.25, 0.3) is 0 Å². The molecule has 12 aromatic rings. The van der Waals surface area contributed by atoms with E-state index in [0.717, 1.165) is 44.5 Å². The van der Waals surface area contributed by atoms with E-state index in [9.17, 15) is 0 Å². The Morgan fingerprint density at radius 3 is 1.38 bits per heavy atom. The molecule has 58 heavy (non-hydrogen) atoms. The quantitative estimate of drug-likeness (QED) is 0.168. The summed E-state index contributed by atoms with van der Waals surface area (Å²) in [6.07, 6.45) is 1.83. The lowest BCUT2D eigenvalue weighted by molar-refractivity contribution is 0.654. The molecule has 0 aliphatic carbocycles. The van der Waals surface area contributed by atoms with Gasteiger partial charge in [0.2, 0.25) is 5.71 Å². The van der Waals surface area contributed by atoms with Crippen LogP contribution in [0.1, 0.15) is 0 Å². The molecular formula is C53H32N2OS2. The zero-order valence-electron chi connectivity index (χ0n) is 31.1. The van der Waals surface area contributed by atoms with Crippen LogP contribution in [0.15, 0.2) is 199 Å². The van der Waals surface area contributed by atoms with E-state index < -0.39 is 0 Å². The zero-order valence-corrected chi connectivity index (χ0v) is 32.7. The fourth-order valence-corrected chi connectivity index (χ4v) is 10.8. The van der Waals surface area contributed by atoms with Gasteiger partial charge in [-0.15, -0.1) is 22.7 Å². The molecular weight excluding hydrogens is 745 g/mol. The molecule has 0 bridgehead atoms. The van der Waals surface area contributed by atoms with E-state index in [4.69, 9.17) is 4.42 Å². The monoisotopic (exact) mass is 776 g/mol. The third-order valence-electron chi connectivity index (χ3n) is 11.4. The third kappa shape index (κ3) is 5.43. The second-order valence-electron chi connectivity index (χ2n) is 14.7. The average Bonchev–Trinajstić information content (AvgIpc) is 3.98. The topological polar surface area (TPSA) is 29.3 Å². The summed E-state index contributed by atoms with van der Waals surface area (Å²) in [7, 11) is 0. The van der Waals surface area contributed by atoms with Crippen LogP contribution in [-0.2, 0) is 0 Å². The fourth-order valence-electron chi connectivity index (χ4n) is 8.54. The summed E-state index contributed by atoms with van der Waals surface area (Å²) < 4.78 is 11.4. The molecule has 0 saturated carbocycles. The van der Waals surface area contributed by atoms with Gasteiger partial charge < -0.3 is 9.32 Å². The molecule has 4 heterocycles. The van der Waals surface area contributed by atoms with Crippen LogP contribution in [0.4, 0.5) is 17.1 Å². The maximum absolute atomic E-state index is 6.13. The molecule has 0 aliphatic heterocycles. The van der Waals surface area contributed by atoms with E-state index in [2.05, 4.69) is 186 Å². The van der Waals surface area contributed by atoms with Crippen LogP contribution in [0, 0.1) is 0 Å². The number of thiophene rings is 2. The highest BCUT2D eigenvalue weighted by molar-refractivity contribution is 7.26. The highest BCUT2D eigenvalue weighted by atomic mass is 32.1. The number of anilines is 3. The molecule has 0 unspecified atom stereocenters. The molecule has 272 valence electrons. The highest BCUT2D eigenvalue weighted by Gasteiger charge is 2.17. The second-order valence-corrected chi connectivity index (χ2v) is 16.9. The van der Waals surface area contributed by atoms with Gasteiger partial charge in [0.15, 0.2) is 0 Å². The smallest absolute Gasteiger partial charge is 0.227 e. The molecule has 0 radical (unpaired) electrons. The van der Waals surface area contributed by atoms with Gasteiger partial charge in [0.1, 0.15) is 5.58 Å². The van der Waals surface area contributed by atoms with Crippen molar-refractivity contribution in [2.24, 2.45) is 0 Å². The first-order valence-corrected chi connectivity index (χ1v) is 21.1. The molecule has 5 heteroatoms. The Kier molecular flexibility index (Phi) is 7.58. The van der Waals surface area contributed by atoms with Gasteiger partial charge in [-0.1, -0.05) is 115 Å². The van der Waals surface area contributed by atoms with Crippen molar-refractivity contribution in [2.45, 2.75) is 0 Å². The molecule has 0 atom stereocenters. The summed E-state index contributed by atoms with van der Waals surface area (Å²) in [5.74, 6) is 0. The highest BCUT2D eigenvalue weighted by Crippen LogP contribution is 2.42. The van der Waals surface area contributed by atoms with E-state index in [1.807, 2.05) is 41.0 Å². The summed E-state index contributed by atoms with van der Waals surface area (Å²) in [6.45, 7) is 0. The molecule has 3 nitrogen and oxygen atoms in total. The van der Waals surface area contributed by atoms with Gasteiger partial charge in [-0.25, -0.2) is 4.98 Å². The van der Waals surface area contributed by atoms with E-state index in [1.165, 1.54) is 62.6 Å². The number of fused-ring (bicyclic) bond motifs is 9. The first-order valence-electron chi connectivity index (χ1n) is 19.4. The number of benzene rings is 8. The average molecular weight is 777 g/mol. The minimum absolute atomic E-state index is 0.655. The Morgan fingerprint density at radius 2 is 0.828 bits per heavy atom. The van der Waals surface area contributed by atoms with Crippen LogP contribution in [0.2, 0.25) is 0 Å². The van der Waals surface area contributed by atoms with Crippen LogP contribution in [0.3, 0.4) is 0 Å². The van der Waals surface area contributed by atoms with Gasteiger partial charge in [-0.2, -0.15) is 0 Å². The second kappa shape index (κ2) is 13.3. The minimum atomic E-state index is 0.655. The number of nitrogens with zero attached hydrogens (tertiary/aromatic N) is 2. The summed E-state index contributed by atoms with van der Waals surface area (Å²) >= 11 is 3.72. The lowest BCUT2D eigenvalue weighted by Gasteiger charge is -2.26. The van der Waals surface area contributed by atoms with Crippen molar-refractivity contribution in [2.75, 3.05) is 4.90 Å². The van der Waals surface area contributed by atoms with Crippen molar-refractivity contribution in [1.29, 1.82) is 0 Å². The van der Waals surface area contributed by atoms with E-state index >= 15 is 0 Å². The van der Waals surface area contributed by atoms with Crippen molar-refractivity contribution < 1.29 is 4.42 Å². The molecule has 0 N–H and O–H groups in total. The standard InChI is InChI=1S/C53H32N2OS2/c1-4-10-47-46(9-1)52-41(29-30-54-53(52)56-47)35-17-25-40(26-18-35)55(38-21-13-33(14-22-38)36-19-27-44-42-7-2-5-11-48(42)57-50(44)31-36)39-23-15-34(16-24-39)37-20-28-45-43-8-3-6-12-49(43)58-51(45)32-37/h1-32H. The normalized spacial score (nSPS) is 11.8. The first-order chi connectivity index (χ1) is 28.7. The predicted octanol–water partition coefficient (Wildman–Crippen LogP) is 16.2. The van der Waals surface area contributed by atoms with Gasteiger partial charge in [-0.3, -0.25) is 0 Å². The van der Waals surface area contributed by atoms with Gasteiger partial charge >= 0.3 is 0 Å². The SMILES string of the molecule is c1ccc2c(c1)oc1nccc(-c3ccc(N(c4ccc(-c5ccc6c(c5)sc5ccccc56)cc4)c4ccc(-c5ccc6c(c5)sc5ccccc56)cc4)cc3)c12. The number of aromatic nitrogens is 1. The Morgan fingerprint density at radius 1 is 0.379 bits per heavy atom. The van der Waals surface area contributed by atoms with Crippen molar-refractivity contribution >= 4 is 102 Å². The number of pyridine rings is 1. The predicted molar refractivity (Wildman–Crippen MR) is 248 cm³/mol. The summed E-state index contributed by atoms with van der Waals surface area (Å²) in [4.78, 5) is 6.91. The van der Waals surface area contributed by atoms with Crippen LogP contribution >= 0.6 is 22.7 Å². The molecule has 0 amide bonds. The van der Waals surface area contributed by atoms with Crippen molar-refractivity contribution in [3.63, 3.8) is 0 Å². The summed E-state index contributed by atoms with van der Waals surface area (Å²) in [5.41, 5.74) is 11.8. The molecule has 0 aliphatic rings. The third-order valence-corrected chi connectivity index (χ3v) is 13.7. The summed E-state index contributed by atoms with van der Waals surface area (Å²) in [6, 6.07) is 68.1. The van der Waals surface area contributed by atoms with E-state index in [-0.39, 0.29) is 0 Å². The Labute approximate surface area is 342 Å². The molecule has 0 spiro atoms. The minimum Gasteiger partial charge on any atom is -0.438 e. The maximum Gasteiger partial charge on any atom is 0.227 e. The first kappa shape index (κ1) is 33.1. The Hall–Kier alpha value is -7.05. The van der Waals surface area contributed by atoms with Crippen molar-refractivity contribution in [3.8, 4) is 33.4 Å². The maximum atomic E-state index is 6.13. The fraction of sp³-hybridized carbons (Fsp3) is 0. The Bertz CT molecular complexity index is 3350. The number of rotatable bonds is 6. The van der Waals surface area contributed by atoms with Crippen LogP contribution in [-0.4, -0.2) is 4.98 Å². The van der Waals surface area contributed by atoms with Gasteiger partial charge in [-0.05, 0) is 106 Å². The van der Waals surface area contributed by atoms with Crippen molar-refractivity contribution in [1.82, 2.24) is 4.98 Å². The molecule has 4 aromatic heterocycles. The number of furan rings is 1. The Balaban J connectivity index is 0.931. The van der Waals surface area contributed by atoms with Gasteiger partial charge in [0, 0.05) is 69.0 Å². The number of para-hydroxylation sites is 1. The van der Waals surface area contributed by atoms with E-state index in [0.29, 0.717) is 5.71 Å². The number of hydrogen-bond acceptors (Lipinski definition) is 5. The molecule has 8 aromatic carbocycles. The number of hydrogen-bond donors (Lipinski definition) is 0. The zero-order chi connectivity index (χ0) is 38.2. The van der Waals surface area contributed by atoms with Gasteiger partial charge in [0.05, 0.1) is 5.39 Å². The largest absolute Gasteiger partial charge is 0.438 e. The van der Waals surface area contributed by atoms with Crippen molar-refractivity contribution in [3.05, 3.63) is 194 Å².